The van der Waals surface area contributed by atoms with Crippen molar-refractivity contribution in [1.29, 1.82) is 0 Å². The van der Waals surface area contributed by atoms with Crippen LogP contribution in [0.3, 0.4) is 0 Å². The zero-order valence-corrected chi connectivity index (χ0v) is 13.5. The van der Waals surface area contributed by atoms with Gasteiger partial charge in [0.1, 0.15) is 0 Å². The van der Waals surface area contributed by atoms with Crippen LogP contribution in [-0.4, -0.2) is 5.25 Å². The molecule has 0 radical (unpaired) electrons. The third kappa shape index (κ3) is 3.05. The maximum atomic E-state index is 6.05. The molecule has 0 bridgehead atoms. The van der Waals surface area contributed by atoms with Gasteiger partial charge in [0.25, 0.3) is 0 Å². The zero-order valence-electron chi connectivity index (χ0n) is 10.3. The molecular formula is C14H13Cl2NS2. The summed E-state index contributed by atoms with van der Waals surface area (Å²) in [6.45, 7) is 2.27. The fourth-order valence-electron chi connectivity index (χ4n) is 2.32. The number of hydrogen-bond donors (Lipinski definition) is 1. The molecule has 0 saturated heterocycles. The summed E-state index contributed by atoms with van der Waals surface area (Å²) in [6.07, 6.45) is 1.11. The topological polar surface area (TPSA) is 12.0 Å². The van der Waals surface area contributed by atoms with Gasteiger partial charge in [-0.05, 0) is 41.6 Å². The van der Waals surface area contributed by atoms with Crippen LogP contribution < -0.4 is 5.32 Å². The number of anilines is 1. The Morgan fingerprint density at radius 2 is 1.95 bits per heavy atom. The Hall–Kier alpha value is -0.350. The van der Waals surface area contributed by atoms with Crippen LogP contribution in [0.5, 0.6) is 0 Å². The highest BCUT2D eigenvalue weighted by atomic mass is 35.5. The Balaban J connectivity index is 1.88. The molecule has 2 heterocycles. The molecule has 1 nitrogen and oxygen atoms in total. The predicted molar refractivity (Wildman–Crippen MR) is 87.1 cm³/mol. The van der Waals surface area contributed by atoms with Gasteiger partial charge in [-0.3, -0.25) is 0 Å². The molecule has 0 amide bonds. The molecule has 1 aromatic carbocycles. The van der Waals surface area contributed by atoms with Gasteiger partial charge in [0.15, 0.2) is 0 Å². The fourth-order valence-corrected chi connectivity index (χ4v) is 5.42. The van der Waals surface area contributed by atoms with Gasteiger partial charge in [0.05, 0.1) is 10.3 Å². The largest absolute Gasteiger partial charge is 0.378 e. The van der Waals surface area contributed by atoms with Gasteiger partial charge in [0.2, 0.25) is 0 Å². The van der Waals surface area contributed by atoms with Crippen LogP contribution >= 0.6 is 46.3 Å². The summed E-state index contributed by atoms with van der Waals surface area (Å²) in [6, 6.07) is 8.15. The van der Waals surface area contributed by atoms with Crippen molar-refractivity contribution in [2.24, 2.45) is 0 Å². The Labute approximate surface area is 131 Å². The van der Waals surface area contributed by atoms with Crippen LogP contribution in [0.4, 0.5) is 5.69 Å². The van der Waals surface area contributed by atoms with E-state index < -0.39 is 0 Å². The van der Waals surface area contributed by atoms with E-state index in [2.05, 4.69) is 23.7 Å². The summed E-state index contributed by atoms with van der Waals surface area (Å²) in [5.74, 6) is 0. The molecule has 0 fully saturated rings. The van der Waals surface area contributed by atoms with E-state index in [4.69, 9.17) is 23.2 Å². The molecule has 100 valence electrons. The van der Waals surface area contributed by atoms with E-state index in [0.717, 1.165) is 12.1 Å². The first kappa shape index (κ1) is 13.6. The van der Waals surface area contributed by atoms with E-state index in [9.17, 15) is 0 Å². The van der Waals surface area contributed by atoms with Crippen molar-refractivity contribution in [1.82, 2.24) is 0 Å². The fraction of sp³-hybridized carbons (Fsp3) is 0.286. The van der Waals surface area contributed by atoms with E-state index in [1.54, 1.807) is 6.07 Å². The molecular weight excluding hydrogens is 317 g/mol. The summed E-state index contributed by atoms with van der Waals surface area (Å²) in [5.41, 5.74) is 2.38. The van der Waals surface area contributed by atoms with Crippen molar-refractivity contribution in [3.63, 3.8) is 0 Å². The van der Waals surface area contributed by atoms with Crippen LogP contribution in [0, 0.1) is 0 Å². The van der Waals surface area contributed by atoms with Crippen LogP contribution in [0.25, 0.3) is 0 Å². The number of benzene rings is 1. The van der Waals surface area contributed by atoms with E-state index in [-0.39, 0.29) is 0 Å². The molecule has 3 rings (SSSR count). The molecule has 1 aromatic heterocycles. The second-order valence-corrected chi connectivity index (χ2v) is 8.18. The number of halogens is 2. The lowest BCUT2D eigenvalue weighted by molar-refractivity contribution is 0.670. The Morgan fingerprint density at radius 3 is 2.68 bits per heavy atom. The van der Waals surface area contributed by atoms with Crippen LogP contribution in [0.2, 0.25) is 10.0 Å². The molecule has 1 N–H and O–H groups in total. The normalized spacial score (nSPS) is 22.1. The summed E-state index contributed by atoms with van der Waals surface area (Å²) in [4.78, 5) is 0. The van der Waals surface area contributed by atoms with Crippen molar-refractivity contribution in [3.8, 4) is 0 Å². The van der Waals surface area contributed by atoms with Crippen LogP contribution in [-0.2, 0) is 0 Å². The summed E-state index contributed by atoms with van der Waals surface area (Å²) < 4.78 is 1.42. The third-order valence-corrected chi connectivity index (χ3v) is 5.89. The minimum atomic E-state index is 0.340. The average molecular weight is 330 g/mol. The average Bonchev–Trinajstić information content (AvgIpc) is 2.75. The zero-order chi connectivity index (χ0) is 13.4. The van der Waals surface area contributed by atoms with Gasteiger partial charge >= 0.3 is 0 Å². The summed E-state index contributed by atoms with van der Waals surface area (Å²) in [7, 11) is 0. The monoisotopic (exact) mass is 329 g/mol. The lowest BCUT2D eigenvalue weighted by Gasteiger charge is -2.28. The van der Waals surface area contributed by atoms with Crippen LogP contribution in [0.15, 0.2) is 33.9 Å². The molecule has 1 aliphatic rings. The van der Waals surface area contributed by atoms with Gasteiger partial charge in [-0.25, -0.2) is 0 Å². The number of thiophene rings is 1. The highest BCUT2D eigenvalue weighted by Gasteiger charge is 2.26. The van der Waals surface area contributed by atoms with Crippen molar-refractivity contribution < 1.29 is 0 Å². The second kappa shape index (κ2) is 5.57. The first-order chi connectivity index (χ1) is 9.11. The number of rotatable bonds is 2. The molecule has 1 aliphatic heterocycles. The lowest BCUT2D eigenvalue weighted by atomic mass is 10.0. The standard InChI is InChI=1S/C14H13Cl2NS2/c1-8-4-13(12-2-3-18-14(12)19-8)17-11-6-9(15)5-10(16)7-11/h2-3,5-8,13,17H,4H2,1H3/t8-,13?/m0/s1. The minimum Gasteiger partial charge on any atom is -0.378 e. The Kier molecular flexibility index (Phi) is 3.99. The number of hydrogen-bond acceptors (Lipinski definition) is 3. The van der Waals surface area contributed by atoms with Crippen molar-refractivity contribution in [3.05, 3.63) is 45.3 Å². The maximum Gasteiger partial charge on any atom is 0.0653 e. The van der Waals surface area contributed by atoms with E-state index in [1.807, 2.05) is 35.2 Å². The molecule has 2 atom stereocenters. The lowest BCUT2D eigenvalue weighted by Crippen LogP contribution is -2.18. The SMILES string of the molecule is C[C@H]1CC(Nc2cc(Cl)cc(Cl)c2)c2ccsc2S1. The smallest absolute Gasteiger partial charge is 0.0653 e. The van der Waals surface area contributed by atoms with Crippen molar-refractivity contribution in [2.45, 2.75) is 28.8 Å². The Morgan fingerprint density at radius 1 is 1.21 bits per heavy atom. The highest BCUT2D eigenvalue weighted by Crippen LogP contribution is 2.45. The molecule has 5 heteroatoms. The third-order valence-electron chi connectivity index (χ3n) is 3.11. The molecule has 0 aliphatic carbocycles. The Bertz CT molecular complexity index is 577. The molecule has 1 unspecified atom stereocenters. The molecule has 0 spiro atoms. The number of fused-ring (bicyclic) bond motifs is 1. The molecule has 19 heavy (non-hydrogen) atoms. The van der Waals surface area contributed by atoms with Crippen molar-refractivity contribution in [2.75, 3.05) is 5.32 Å². The van der Waals surface area contributed by atoms with E-state index in [1.165, 1.54) is 9.77 Å². The van der Waals surface area contributed by atoms with Crippen molar-refractivity contribution >= 4 is 52.0 Å². The number of thioether (sulfide) groups is 1. The van der Waals surface area contributed by atoms with Gasteiger partial charge < -0.3 is 5.32 Å². The number of nitrogens with one attached hydrogen (secondary N) is 1. The minimum absolute atomic E-state index is 0.340. The highest BCUT2D eigenvalue weighted by molar-refractivity contribution is 8.01. The first-order valence-electron chi connectivity index (χ1n) is 6.08. The summed E-state index contributed by atoms with van der Waals surface area (Å²) in [5, 5.41) is 7.68. The van der Waals surface area contributed by atoms with Gasteiger partial charge in [0, 0.05) is 21.0 Å². The predicted octanol–water partition coefficient (Wildman–Crippen LogP) is 6.09. The molecule has 2 aromatic rings. The van der Waals surface area contributed by atoms with Gasteiger partial charge in [-0.15, -0.1) is 23.1 Å². The summed E-state index contributed by atoms with van der Waals surface area (Å²) >= 11 is 15.9. The van der Waals surface area contributed by atoms with Gasteiger partial charge in [-0.2, -0.15) is 0 Å². The van der Waals surface area contributed by atoms with Crippen LogP contribution in [0.1, 0.15) is 24.9 Å². The van der Waals surface area contributed by atoms with Gasteiger partial charge in [-0.1, -0.05) is 30.1 Å². The van der Waals surface area contributed by atoms with E-state index in [0.29, 0.717) is 21.3 Å². The quantitative estimate of drug-likeness (QED) is 0.715. The first-order valence-corrected chi connectivity index (χ1v) is 8.60. The van der Waals surface area contributed by atoms with E-state index >= 15 is 0 Å². The molecule has 0 saturated carbocycles. The maximum absolute atomic E-state index is 6.05. The second-order valence-electron chi connectivity index (χ2n) is 4.68.